The monoisotopic (exact) mass is 235 g/mol. The lowest BCUT2D eigenvalue weighted by molar-refractivity contribution is -0.144. The number of rotatable bonds is 4. The van der Waals surface area contributed by atoms with Gasteiger partial charge in [-0.3, -0.25) is 14.7 Å². The van der Waals surface area contributed by atoms with Crippen molar-refractivity contribution >= 4 is 22.8 Å². The van der Waals surface area contributed by atoms with Gasteiger partial charge in [-0.05, 0) is 12.1 Å². The third-order valence-electron chi connectivity index (χ3n) is 2.06. The zero-order valence-electron chi connectivity index (χ0n) is 8.64. The number of hydrogen-bond acceptors (Lipinski definition) is 4. The summed E-state index contributed by atoms with van der Waals surface area (Å²) in [5, 5.41) is 15.7. The van der Waals surface area contributed by atoms with Crippen LogP contribution in [0.4, 0.5) is 0 Å². The molecule has 88 valence electrons. The first-order valence-corrected chi connectivity index (χ1v) is 4.74. The highest BCUT2D eigenvalue weighted by molar-refractivity contribution is 5.97. The summed E-state index contributed by atoms with van der Waals surface area (Å²) in [5.41, 5.74) is 3.11. The molecule has 1 amide bonds. The molecule has 2 rings (SSSR count). The van der Waals surface area contributed by atoms with Crippen LogP contribution < -0.4 is 5.48 Å². The molecule has 0 saturated heterocycles. The number of H-pyrrole nitrogens is 1. The van der Waals surface area contributed by atoms with Gasteiger partial charge in [0.1, 0.15) is 0 Å². The lowest BCUT2D eigenvalue weighted by atomic mass is 10.1. The second-order valence-electron chi connectivity index (χ2n) is 3.29. The number of hydroxylamine groups is 1. The molecule has 0 atom stereocenters. The number of carbonyl (C=O) groups excluding carboxylic acids is 1. The Morgan fingerprint density at radius 2 is 2.29 bits per heavy atom. The average Bonchev–Trinajstić information content (AvgIpc) is 2.75. The van der Waals surface area contributed by atoms with Crippen molar-refractivity contribution in [2.45, 2.75) is 0 Å². The minimum atomic E-state index is -1.16. The predicted octanol–water partition coefficient (Wildman–Crippen LogP) is 0.309. The van der Waals surface area contributed by atoms with Gasteiger partial charge in [-0.1, -0.05) is 6.07 Å². The van der Waals surface area contributed by atoms with E-state index in [1.165, 1.54) is 0 Å². The van der Waals surface area contributed by atoms with E-state index in [4.69, 9.17) is 5.11 Å². The maximum absolute atomic E-state index is 11.5. The predicted molar refractivity (Wildman–Crippen MR) is 57.1 cm³/mol. The lowest BCUT2D eigenvalue weighted by Crippen LogP contribution is -2.26. The average molecular weight is 235 g/mol. The van der Waals surface area contributed by atoms with Gasteiger partial charge in [-0.15, -0.1) is 0 Å². The van der Waals surface area contributed by atoms with E-state index in [0.717, 1.165) is 10.9 Å². The van der Waals surface area contributed by atoms with Crippen molar-refractivity contribution in [1.29, 1.82) is 0 Å². The van der Waals surface area contributed by atoms with Gasteiger partial charge in [0.2, 0.25) is 0 Å². The third-order valence-corrected chi connectivity index (χ3v) is 2.06. The van der Waals surface area contributed by atoms with Crippen LogP contribution in [-0.4, -0.2) is 33.8 Å². The molecule has 1 heterocycles. The fourth-order valence-corrected chi connectivity index (χ4v) is 1.30. The van der Waals surface area contributed by atoms with Crippen molar-refractivity contribution < 1.29 is 19.5 Å². The number of carboxylic acids is 1. The summed E-state index contributed by atoms with van der Waals surface area (Å²) in [6.45, 7) is -0.585. The molecule has 2 aromatic rings. The minimum absolute atomic E-state index is 0.354. The van der Waals surface area contributed by atoms with E-state index in [0.29, 0.717) is 5.56 Å². The molecule has 0 spiro atoms. The molecule has 0 aliphatic rings. The van der Waals surface area contributed by atoms with Gasteiger partial charge in [0.25, 0.3) is 5.91 Å². The molecule has 0 radical (unpaired) electrons. The van der Waals surface area contributed by atoms with E-state index in [1.807, 2.05) is 5.48 Å². The largest absolute Gasteiger partial charge is 0.479 e. The second-order valence-corrected chi connectivity index (χ2v) is 3.29. The van der Waals surface area contributed by atoms with Crippen LogP contribution in [0.2, 0.25) is 0 Å². The SMILES string of the molecule is O=C(O)CONC(=O)c1ccc2cn[nH]c2c1. The van der Waals surface area contributed by atoms with E-state index in [-0.39, 0.29) is 0 Å². The van der Waals surface area contributed by atoms with Crippen molar-refractivity contribution in [3.8, 4) is 0 Å². The highest BCUT2D eigenvalue weighted by atomic mass is 16.7. The van der Waals surface area contributed by atoms with Gasteiger partial charge in [0.05, 0.1) is 11.7 Å². The van der Waals surface area contributed by atoms with Gasteiger partial charge < -0.3 is 5.11 Å². The van der Waals surface area contributed by atoms with E-state index >= 15 is 0 Å². The van der Waals surface area contributed by atoms with Gasteiger partial charge in [0, 0.05) is 10.9 Å². The van der Waals surface area contributed by atoms with E-state index < -0.39 is 18.5 Å². The van der Waals surface area contributed by atoms with Crippen molar-refractivity contribution in [1.82, 2.24) is 15.7 Å². The van der Waals surface area contributed by atoms with Crippen LogP contribution in [0.1, 0.15) is 10.4 Å². The van der Waals surface area contributed by atoms with E-state index in [2.05, 4.69) is 15.0 Å². The van der Waals surface area contributed by atoms with E-state index in [1.54, 1.807) is 24.4 Å². The van der Waals surface area contributed by atoms with Crippen LogP contribution in [0.15, 0.2) is 24.4 Å². The van der Waals surface area contributed by atoms with E-state index in [9.17, 15) is 9.59 Å². The van der Waals surface area contributed by atoms with Crippen LogP contribution >= 0.6 is 0 Å². The Morgan fingerprint density at radius 3 is 3.06 bits per heavy atom. The Morgan fingerprint density at radius 1 is 1.47 bits per heavy atom. The van der Waals surface area contributed by atoms with Crippen LogP contribution in [0.3, 0.4) is 0 Å². The lowest BCUT2D eigenvalue weighted by Gasteiger charge is -2.03. The number of fused-ring (bicyclic) bond motifs is 1. The number of aromatic amines is 1. The number of carboxylic acid groups (broad SMARTS) is 1. The number of nitrogens with one attached hydrogen (secondary N) is 2. The Balaban J connectivity index is 2.05. The molecule has 0 saturated carbocycles. The molecule has 0 bridgehead atoms. The molecule has 1 aromatic carbocycles. The maximum atomic E-state index is 11.5. The summed E-state index contributed by atoms with van der Waals surface area (Å²) >= 11 is 0. The number of benzene rings is 1. The first-order valence-electron chi connectivity index (χ1n) is 4.74. The molecular formula is C10H9N3O4. The van der Waals surface area contributed by atoms with Crippen LogP contribution in [-0.2, 0) is 9.63 Å². The summed E-state index contributed by atoms with van der Waals surface area (Å²) < 4.78 is 0. The zero-order chi connectivity index (χ0) is 12.3. The quantitative estimate of drug-likeness (QED) is 0.661. The van der Waals surface area contributed by atoms with Gasteiger partial charge in [-0.25, -0.2) is 10.3 Å². The highest BCUT2D eigenvalue weighted by Crippen LogP contribution is 2.12. The molecule has 0 aliphatic heterocycles. The van der Waals surface area contributed by atoms with Gasteiger partial charge in [-0.2, -0.15) is 5.10 Å². The normalized spacial score (nSPS) is 10.4. The Hall–Kier alpha value is -2.41. The molecule has 0 fully saturated rings. The number of aromatic nitrogens is 2. The fourth-order valence-electron chi connectivity index (χ4n) is 1.30. The maximum Gasteiger partial charge on any atom is 0.332 e. The molecule has 7 heteroatoms. The second kappa shape index (κ2) is 4.62. The number of amides is 1. The summed E-state index contributed by atoms with van der Waals surface area (Å²) in [6.07, 6.45) is 1.64. The zero-order valence-corrected chi connectivity index (χ0v) is 8.64. The summed E-state index contributed by atoms with van der Waals surface area (Å²) in [6, 6.07) is 4.92. The fraction of sp³-hybridized carbons (Fsp3) is 0.100. The molecule has 0 unspecified atom stereocenters. The summed E-state index contributed by atoms with van der Waals surface area (Å²) in [4.78, 5) is 26.2. The highest BCUT2D eigenvalue weighted by Gasteiger charge is 2.07. The van der Waals surface area contributed by atoms with Gasteiger partial charge in [0.15, 0.2) is 6.61 Å². The number of aliphatic carboxylic acids is 1. The number of carbonyl (C=O) groups is 2. The van der Waals surface area contributed by atoms with Gasteiger partial charge >= 0.3 is 5.97 Å². The Bertz CT molecular complexity index is 563. The minimum Gasteiger partial charge on any atom is -0.479 e. The number of hydrogen-bond donors (Lipinski definition) is 3. The van der Waals surface area contributed by atoms with Crippen LogP contribution in [0.25, 0.3) is 10.9 Å². The molecular weight excluding hydrogens is 226 g/mol. The Labute approximate surface area is 95.3 Å². The van der Waals surface area contributed by atoms with Crippen molar-refractivity contribution in [3.63, 3.8) is 0 Å². The number of nitrogens with zero attached hydrogens (tertiary/aromatic N) is 1. The topological polar surface area (TPSA) is 104 Å². The van der Waals surface area contributed by atoms with Crippen molar-refractivity contribution in [2.24, 2.45) is 0 Å². The van der Waals surface area contributed by atoms with Crippen LogP contribution in [0.5, 0.6) is 0 Å². The molecule has 3 N–H and O–H groups in total. The molecule has 1 aromatic heterocycles. The third kappa shape index (κ3) is 2.58. The Kier molecular flexibility index (Phi) is 3.01. The first-order chi connectivity index (χ1) is 8.16. The van der Waals surface area contributed by atoms with Crippen LogP contribution in [0, 0.1) is 0 Å². The summed E-state index contributed by atoms with van der Waals surface area (Å²) in [5.74, 6) is -1.67. The van der Waals surface area contributed by atoms with Crippen molar-refractivity contribution in [3.05, 3.63) is 30.0 Å². The standard InChI is InChI=1S/C10H9N3O4/c14-9(15)5-17-13-10(16)6-1-2-7-4-11-12-8(7)3-6/h1-4H,5H2,(H,11,12)(H,13,16)(H,14,15). The molecule has 7 nitrogen and oxygen atoms in total. The molecule has 17 heavy (non-hydrogen) atoms. The smallest absolute Gasteiger partial charge is 0.332 e. The first kappa shape index (κ1) is 11.1. The summed E-state index contributed by atoms with van der Waals surface area (Å²) in [7, 11) is 0. The van der Waals surface area contributed by atoms with Crippen molar-refractivity contribution in [2.75, 3.05) is 6.61 Å². The molecule has 0 aliphatic carbocycles.